The second-order valence-corrected chi connectivity index (χ2v) is 4.19. The minimum absolute atomic E-state index is 0.303. The molecule has 0 saturated heterocycles. The molecular weight excluding hydrogens is 240 g/mol. The van der Waals surface area contributed by atoms with Crippen LogP contribution in [0.15, 0.2) is 59.3 Å². The second-order valence-electron chi connectivity index (χ2n) is 4.19. The van der Waals surface area contributed by atoms with E-state index in [4.69, 9.17) is 14.9 Å². The van der Waals surface area contributed by atoms with Gasteiger partial charge in [0.1, 0.15) is 17.0 Å². The molecule has 0 aliphatic carbocycles. The van der Waals surface area contributed by atoms with Crippen LogP contribution in [-0.2, 0) is 0 Å². The maximum atomic E-state index is 5.94. The third-order valence-corrected chi connectivity index (χ3v) is 2.94. The molecule has 3 aromatic rings. The number of rotatable bonds is 4. The Kier molecular flexibility index (Phi) is 3.16. The number of furan rings is 1. The predicted molar refractivity (Wildman–Crippen MR) is 72.9 cm³/mol. The van der Waals surface area contributed by atoms with E-state index in [1.54, 1.807) is 12.5 Å². The van der Waals surface area contributed by atoms with Crippen molar-refractivity contribution in [1.29, 1.82) is 0 Å². The molecule has 1 aromatic carbocycles. The smallest absolute Gasteiger partial charge is 0.168 e. The first-order valence-electron chi connectivity index (χ1n) is 6.12. The van der Waals surface area contributed by atoms with Gasteiger partial charge in [-0.3, -0.25) is 4.98 Å². The molecular formula is C15H14N2O2. The summed E-state index contributed by atoms with van der Waals surface area (Å²) in [4.78, 5) is 4.35. The molecule has 0 radical (unpaired) electrons. The Hall–Kier alpha value is -2.33. The van der Waals surface area contributed by atoms with Crippen LogP contribution in [0.25, 0.3) is 10.9 Å². The number of fused-ring (bicyclic) bond motifs is 1. The van der Waals surface area contributed by atoms with Gasteiger partial charge in [-0.25, -0.2) is 0 Å². The maximum Gasteiger partial charge on any atom is 0.168 e. The predicted octanol–water partition coefficient (Wildman–Crippen LogP) is 2.91. The average Bonchev–Trinajstić information content (AvgIpc) is 2.99. The lowest BCUT2D eigenvalue weighted by Crippen LogP contribution is -2.18. The molecule has 0 fully saturated rings. The van der Waals surface area contributed by atoms with Crippen molar-refractivity contribution < 1.29 is 9.15 Å². The fourth-order valence-electron chi connectivity index (χ4n) is 2.02. The largest absolute Gasteiger partial charge is 0.479 e. The number of benzene rings is 1. The summed E-state index contributed by atoms with van der Waals surface area (Å²) in [6, 6.07) is 13.4. The molecule has 1 unspecified atom stereocenters. The van der Waals surface area contributed by atoms with E-state index >= 15 is 0 Å². The Morgan fingerprint density at radius 2 is 2.05 bits per heavy atom. The summed E-state index contributed by atoms with van der Waals surface area (Å²) < 4.78 is 11.3. The molecule has 0 saturated carbocycles. The number of para-hydroxylation sites is 1. The third kappa shape index (κ3) is 2.30. The molecule has 2 aromatic heterocycles. The molecule has 0 spiro atoms. The van der Waals surface area contributed by atoms with Crippen LogP contribution in [0.3, 0.4) is 0 Å². The summed E-state index contributed by atoms with van der Waals surface area (Å²) in [6.45, 7) is 0.344. The lowest BCUT2D eigenvalue weighted by molar-refractivity contribution is 0.186. The Morgan fingerprint density at radius 3 is 2.84 bits per heavy atom. The van der Waals surface area contributed by atoms with E-state index in [0.29, 0.717) is 12.3 Å². The van der Waals surface area contributed by atoms with Gasteiger partial charge in [-0.1, -0.05) is 18.2 Å². The van der Waals surface area contributed by atoms with E-state index in [2.05, 4.69) is 4.98 Å². The van der Waals surface area contributed by atoms with Crippen molar-refractivity contribution in [2.45, 2.75) is 6.10 Å². The second kappa shape index (κ2) is 5.12. The maximum absolute atomic E-state index is 5.94. The molecule has 2 heterocycles. The quantitative estimate of drug-likeness (QED) is 0.777. The van der Waals surface area contributed by atoms with Gasteiger partial charge in [-0.15, -0.1) is 0 Å². The summed E-state index contributed by atoms with van der Waals surface area (Å²) in [6.07, 6.45) is 3.06. The number of nitrogens with two attached hydrogens (primary N) is 1. The van der Waals surface area contributed by atoms with Gasteiger partial charge in [-0.05, 0) is 24.3 Å². The molecule has 19 heavy (non-hydrogen) atoms. The van der Waals surface area contributed by atoms with Crippen molar-refractivity contribution in [1.82, 2.24) is 4.98 Å². The molecule has 4 heteroatoms. The van der Waals surface area contributed by atoms with E-state index in [9.17, 15) is 0 Å². The third-order valence-electron chi connectivity index (χ3n) is 2.94. The van der Waals surface area contributed by atoms with Crippen LogP contribution in [0.5, 0.6) is 5.75 Å². The van der Waals surface area contributed by atoms with Crippen LogP contribution in [0.2, 0.25) is 0 Å². The minimum Gasteiger partial charge on any atom is -0.479 e. The van der Waals surface area contributed by atoms with Crippen molar-refractivity contribution in [3.05, 3.63) is 60.7 Å². The number of ether oxygens (including phenoxy) is 1. The highest BCUT2D eigenvalue weighted by Gasteiger charge is 2.15. The summed E-state index contributed by atoms with van der Waals surface area (Å²) >= 11 is 0. The highest BCUT2D eigenvalue weighted by molar-refractivity contribution is 5.84. The van der Waals surface area contributed by atoms with Gasteiger partial charge in [0.05, 0.1) is 6.26 Å². The van der Waals surface area contributed by atoms with Crippen LogP contribution >= 0.6 is 0 Å². The normalized spacial score (nSPS) is 12.5. The van der Waals surface area contributed by atoms with E-state index in [1.165, 1.54) is 0 Å². The summed E-state index contributed by atoms with van der Waals surface area (Å²) in [5.74, 6) is 1.43. The first-order valence-corrected chi connectivity index (χ1v) is 6.12. The van der Waals surface area contributed by atoms with Crippen LogP contribution in [0.4, 0.5) is 0 Å². The molecule has 96 valence electrons. The molecule has 0 amide bonds. The fourth-order valence-corrected chi connectivity index (χ4v) is 2.02. The van der Waals surface area contributed by atoms with Crippen molar-refractivity contribution in [2.75, 3.05) is 6.54 Å². The van der Waals surface area contributed by atoms with Crippen LogP contribution in [0.1, 0.15) is 11.9 Å². The highest BCUT2D eigenvalue weighted by Crippen LogP contribution is 2.27. The van der Waals surface area contributed by atoms with Crippen molar-refractivity contribution >= 4 is 10.9 Å². The number of aromatic nitrogens is 1. The summed E-state index contributed by atoms with van der Waals surface area (Å²) in [7, 11) is 0. The van der Waals surface area contributed by atoms with Gasteiger partial charge in [0.15, 0.2) is 6.10 Å². The SMILES string of the molecule is NCC(Oc1cccc2cccnc12)c1ccco1. The number of hydrogen-bond acceptors (Lipinski definition) is 4. The molecule has 0 aliphatic rings. The molecule has 0 bridgehead atoms. The van der Waals surface area contributed by atoms with Crippen molar-refractivity contribution in [3.63, 3.8) is 0 Å². The Morgan fingerprint density at radius 1 is 1.16 bits per heavy atom. The van der Waals surface area contributed by atoms with E-state index in [0.717, 1.165) is 16.7 Å². The van der Waals surface area contributed by atoms with Crippen LogP contribution in [-0.4, -0.2) is 11.5 Å². The summed E-state index contributed by atoms with van der Waals surface area (Å²) in [5.41, 5.74) is 6.58. The van der Waals surface area contributed by atoms with Gasteiger partial charge in [0.25, 0.3) is 0 Å². The molecule has 4 nitrogen and oxygen atoms in total. The zero-order valence-electron chi connectivity index (χ0n) is 10.3. The molecule has 3 rings (SSSR count). The lowest BCUT2D eigenvalue weighted by atomic mass is 10.2. The Bertz CT molecular complexity index is 659. The molecule has 0 aliphatic heterocycles. The standard InChI is InChI=1S/C15H14N2O2/c16-10-14(12-7-3-9-18-12)19-13-6-1-4-11-5-2-8-17-15(11)13/h1-9,14H,10,16H2. The van der Waals surface area contributed by atoms with E-state index in [-0.39, 0.29) is 6.10 Å². The fraction of sp³-hybridized carbons (Fsp3) is 0.133. The van der Waals surface area contributed by atoms with E-state index in [1.807, 2.05) is 42.5 Å². The van der Waals surface area contributed by atoms with Gasteiger partial charge in [0.2, 0.25) is 0 Å². The average molecular weight is 254 g/mol. The highest BCUT2D eigenvalue weighted by atomic mass is 16.5. The first kappa shape index (κ1) is 11.7. The Balaban J connectivity index is 1.96. The Labute approximate surface area is 110 Å². The molecule has 1 atom stereocenters. The lowest BCUT2D eigenvalue weighted by Gasteiger charge is -2.16. The number of pyridine rings is 1. The summed E-state index contributed by atoms with van der Waals surface area (Å²) in [5, 5.41) is 1.04. The minimum atomic E-state index is -0.303. The molecule has 2 N–H and O–H groups in total. The van der Waals surface area contributed by atoms with Gasteiger partial charge < -0.3 is 14.9 Å². The first-order chi connectivity index (χ1) is 9.38. The van der Waals surface area contributed by atoms with Gasteiger partial charge in [0, 0.05) is 18.1 Å². The van der Waals surface area contributed by atoms with Crippen molar-refractivity contribution in [2.24, 2.45) is 5.73 Å². The van der Waals surface area contributed by atoms with Crippen molar-refractivity contribution in [3.8, 4) is 5.75 Å². The number of nitrogens with zero attached hydrogens (tertiary/aromatic N) is 1. The van der Waals surface area contributed by atoms with Crippen LogP contribution in [0, 0.1) is 0 Å². The zero-order chi connectivity index (χ0) is 13.1. The monoisotopic (exact) mass is 254 g/mol. The van der Waals surface area contributed by atoms with Gasteiger partial charge in [-0.2, -0.15) is 0 Å². The van der Waals surface area contributed by atoms with Gasteiger partial charge >= 0.3 is 0 Å². The van der Waals surface area contributed by atoms with E-state index < -0.39 is 0 Å². The zero-order valence-corrected chi connectivity index (χ0v) is 10.3. The number of hydrogen-bond donors (Lipinski definition) is 1. The van der Waals surface area contributed by atoms with Crippen LogP contribution < -0.4 is 10.5 Å². The topological polar surface area (TPSA) is 61.3 Å².